The third kappa shape index (κ3) is 14.8. The van der Waals surface area contributed by atoms with E-state index in [9.17, 15) is 73.3 Å². The van der Waals surface area contributed by atoms with Gasteiger partial charge in [-0.3, -0.25) is 8.98 Å². The minimum absolute atomic E-state index is 0. The van der Waals surface area contributed by atoms with Crippen LogP contribution in [-0.2, 0) is 57.3 Å². The zero-order valence-electron chi connectivity index (χ0n) is 32.8. The van der Waals surface area contributed by atoms with E-state index in [1.165, 1.54) is 0 Å². The number of carboxylic acid groups (broad SMARTS) is 1. The summed E-state index contributed by atoms with van der Waals surface area (Å²) in [6.45, 7) is 2.53. The van der Waals surface area contributed by atoms with Crippen molar-refractivity contribution >= 4 is 28.4 Å². The summed E-state index contributed by atoms with van der Waals surface area (Å²) in [7, 11) is -5.43. The first-order valence-electron chi connectivity index (χ1n) is 17.9. The molecule has 7 unspecified atom stereocenters. The van der Waals surface area contributed by atoms with Crippen molar-refractivity contribution in [3.63, 3.8) is 0 Å². The van der Waals surface area contributed by atoms with E-state index >= 15 is 0 Å². The summed E-state index contributed by atoms with van der Waals surface area (Å²) in [6, 6.07) is -3.12. The second-order valence-corrected chi connectivity index (χ2v) is 15.8. The summed E-state index contributed by atoms with van der Waals surface area (Å²) in [6.07, 6.45) is -27.5. The molecule has 0 bridgehead atoms. The van der Waals surface area contributed by atoms with Gasteiger partial charge in [-0.1, -0.05) is 0 Å². The Morgan fingerprint density at radius 2 is 1.63 bits per heavy atom. The Balaban J connectivity index is 0.0000120. The molecule has 3 saturated heterocycles. The molecule has 0 spiro atoms. The number of aliphatic hydroxyl groups is 8. The van der Waals surface area contributed by atoms with Gasteiger partial charge in [0.15, 0.2) is 12.6 Å². The first-order chi connectivity index (χ1) is 26.8. The van der Waals surface area contributed by atoms with Gasteiger partial charge in [0.25, 0.3) is 5.79 Å². The minimum atomic E-state index is -5.43. The molecule has 59 heavy (non-hydrogen) atoms. The third-order valence-electron chi connectivity index (χ3n) is 9.00. The second kappa shape index (κ2) is 22.7. The van der Waals surface area contributed by atoms with Gasteiger partial charge in [-0.15, -0.1) is 0 Å². The molecule has 0 saturated carbocycles. The van der Waals surface area contributed by atoms with Gasteiger partial charge in [0, 0.05) is 19.9 Å². The normalized spacial score (nSPS) is 36.4. The van der Waals surface area contributed by atoms with Crippen LogP contribution in [0.1, 0.15) is 40.5 Å². The van der Waals surface area contributed by atoms with Crippen LogP contribution in [0.5, 0.6) is 0 Å². The van der Waals surface area contributed by atoms with E-state index < -0.39 is 158 Å². The molecule has 0 aliphatic carbocycles. The van der Waals surface area contributed by atoms with Crippen LogP contribution >= 0.6 is 0 Å². The van der Waals surface area contributed by atoms with E-state index in [1.54, 1.807) is 20.8 Å². The Hall–Kier alpha value is -1.52. The molecule has 338 valence electrons. The average molecular weight is 892 g/mol. The Morgan fingerprint density at radius 3 is 2.17 bits per heavy atom. The first-order valence-corrected chi connectivity index (χ1v) is 19.2. The molecule has 26 nitrogen and oxygen atoms in total. The Bertz CT molecular complexity index is 1480. The molecule has 0 aromatic heterocycles. The number of aliphatic carboxylic acids is 1. The number of carbonyl (C=O) groups excluding carboxylic acids is 2. The maximum atomic E-state index is 12.7. The molecule has 28 heteroatoms. The molecule has 3 fully saturated rings. The molecule has 0 aromatic rings. The third-order valence-corrected chi connectivity index (χ3v) is 9.43. The fourth-order valence-electron chi connectivity index (χ4n) is 6.22. The van der Waals surface area contributed by atoms with Crippen molar-refractivity contribution in [1.82, 2.24) is 10.6 Å². The summed E-state index contributed by atoms with van der Waals surface area (Å²) < 4.78 is 77.6. The monoisotopic (exact) mass is 891 g/mol. The Morgan fingerprint density at radius 1 is 1.00 bits per heavy atom. The van der Waals surface area contributed by atoms with Crippen LogP contribution in [-0.4, -0.2) is 213 Å². The van der Waals surface area contributed by atoms with Gasteiger partial charge in [0.2, 0.25) is 16.3 Å². The van der Waals surface area contributed by atoms with Crippen molar-refractivity contribution in [2.75, 3.05) is 33.0 Å². The largest absolute Gasteiger partial charge is 1.00 e. The number of nitrogens with one attached hydrogen (secondary N) is 2. The van der Waals surface area contributed by atoms with Gasteiger partial charge in [-0.05, 0) is 27.2 Å². The van der Waals surface area contributed by atoms with Crippen LogP contribution in [0.3, 0.4) is 0 Å². The molecule has 2 amide bonds. The van der Waals surface area contributed by atoms with Crippen LogP contribution in [0, 0.1) is 0 Å². The molecule has 3 rings (SSSR count). The van der Waals surface area contributed by atoms with Crippen LogP contribution in [0.2, 0.25) is 0 Å². The number of carboxylic acids is 1. The number of carbonyl (C=O) groups is 3. The summed E-state index contributed by atoms with van der Waals surface area (Å²) in [5, 5.41) is 99.7. The topological polar surface area (TPSA) is 414 Å². The van der Waals surface area contributed by atoms with Crippen molar-refractivity contribution in [1.29, 1.82) is 0 Å². The van der Waals surface area contributed by atoms with Gasteiger partial charge >= 0.3 is 41.6 Å². The molecule has 3 aliphatic rings. The number of aliphatic hydroxyl groups excluding tert-OH is 8. The molecule has 13 N–H and O–H groups in total. The predicted molar refractivity (Wildman–Crippen MR) is 183 cm³/mol. The van der Waals surface area contributed by atoms with Crippen molar-refractivity contribution in [3.8, 4) is 0 Å². The maximum Gasteiger partial charge on any atom is 1.00 e. The number of nitrogens with two attached hydrogens (primary N) is 1. The summed E-state index contributed by atoms with van der Waals surface area (Å²) in [5.41, 5.74) is 5.11. The van der Waals surface area contributed by atoms with Crippen LogP contribution in [0.25, 0.3) is 0 Å². The molecular formula is C31H54N3NaO23S. The fraction of sp³-hybridized carbons (Fsp3) is 0.903. The van der Waals surface area contributed by atoms with E-state index in [2.05, 4.69) is 14.8 Å². The second-order valence-electron chi connectivity index (χ2n) is 14.7. The number of hydrogen-bond donors (Lipinski definition) is 12. The van der Waals surface area contributed by atoms with E-state index in [-0.39, 0.29) is 49.1 Å². The van der Waals surface area contributed by atoms with Crippen molar-refractivity contribution in [2.24, 2.45) is 5.73 Å². The van der Waals surface area contributed by atoms with E-state index in [1.807, 2.05) is 0 Å². The first kappa shape index (κ1) is 53.6. The molecule has 16 atom stereocenters. The summed E-state index contributed by atoms with van der Waals surface area (Å²) >= 11 is 0. The van der Waals surface area contributed by atoms with Crippen molar-refractivity contribution < 1.29 is 140 Å². The molecule has 0 radical (unpaired) electrons. The fourth-order valence-corrected chi connectivity index (χ4v) is 6.53. The van der Waals surface area contributed by atoms with E-state index in [4.69, 9.17) is 38.9 Å². The predicted octanol–water partition coefficient (Wildman–Crippen LogP) is -9.83. The minimum Gasteiger partial charge on any atom is -0.726 e. The van der Waals surface area contributed by atoms with Crippen molar-refractivity contribution in [3.05, 3.63) is 0 Å². The van der Waals surface area contributed by atoms with Gasteiger partial charge in [-0.2, -0.15) is 0 Å². The van der Waals surface area contributed by atoms with Gasteiger partial charge in [-0.25, -0.2) is 18.0 Å². The van der Waals surface area contributed by atoms with Crippen LogP contribution in [0.4, 0.5) is 4.79 Å². The number of hydrogen-bond acceptors (Lipinski definition) is 23. The summed E-state index contributed by atoms with van der Waals surface area (Å²) in [5.74, 6) is -5.83. The Kier molecular flexibility index (Phi) is 20.6. The number of ether oxygens (including phenoxy) is 7. The molecule has 3 aliphatic heterocycles. The zero-order valence-corrected chi connectivity index (χ0v) is 35.7. The molecule has 3 heterocycles. The van der Waals surface area contributed by atoms with Gasteiger partial charge < -0.3 is 100 Å². The molecular weight excluding hydrogens is 837 g/mol. The van der Waals surface area contributed by atoms with Crippen LogP contribution < -0.4 is 45.9 Å². The van der Waals surface area contributed by atoms with E-state index in [0.29, 0.717) is 0 Å². The van der Waals surface area contributed by atoms with E-state index in [0.717, 1.165) is 6.92 Å². The van der Waals surface area contributed by atoms with Crippen molar-refractivity contribution in [2.45, 2.75) is 144 Å². The van der Waals surface area contributed by atoms with Gasteiger partial charge in [0.05, 0.1) is 38.6 Å². The smallest absolute Gasteiger partial charge is 0.726 e. The quantitative estimate of drug-likeness (QED) is 0.0263. The average Bonchev–Trinajstić information content (AvgIpc) is 3.11. The van der Waals surface area contributed by atoms with Crippen LogP contribution in [0.15, 0.2) is 0 Å². The Labute approximate surface area is 360 Å². The zero-order chi connectivity index (χ0) is 43.9. The number of alkyl carbamates (subject to hydrolysis) is 1. The number of amides is 2. The SMILES string of the molecule is CC(=O)NC1C(O)[C@H](O[C@@H]2OC(CO)[C@H](O)C(O[C@]3(C(=O)O)C[C@@H](O)[C@@H](N)C([C@H](O)[C@H](O)CO)O3)C2O)C(COS(=O)(=O)[O-])O[C@H]1OCCCNC(=O)OC(C)(C)C.[Na+]. The molecule has 0 aromatic carbocycles. The maximum absolute atomic E-state index is 12.7. The summed E-state index contributed by atoms with van der Waals surface area (Å²) in [4.78, 5) is 36.8. The number of rotatable bonds is 18. The standard InChI is InChI=1S/C31H55N3O23S.Na/c1-12(37)34-18-21(42)23(16(11-51-58(47,48)49)53-26(18)50-7-5-6-33-29(46)57-30(2,3)4)54-27-22(43)25(20(41)15(10-36)52-27)56-31(28(44)45)8-13(38)17(32)24(55-31)19(40)14(39)9-35;/h13-27,35-36,38-43H,5-11,32H2,1-4H3,(H,33,46)(H,34,37)(H,44,45)(H,47,48,49);/q;+1/p-1/t13-,14-,15?,16?,17-,18?,19-,20+,21?,22?,23-,24?,25?,26-,27+,31+;/m1./s1. The van der Waals surface area contributed by atoms with Gasteiger partial charge in [0.1, 0.15) is 72.7 Å².